The van der Waals surface area contributed by atoms with Gasteiger partial charge in [0.25, 0.3) is 0 Å². The van der Waals surface area contributed by atoms with Crippen LogP contribution in [0.4, 0.5) is 0 Å². The van der Waals surface area contributed by atoms with Gasteiger partial charge in [0, 0.05) is 10.5 Å². The van der Waals surface area contributed by atoms with E-state index in [2.05, 4.69) is 12.6 Å². The normalized spacial score (nSPS) is 8.81. The van der Waals surface area contributed by atoms with Crippen LogP contribution in [0.2, 0.25) is 0 Å². The predicted molar refractivity (Wildman–Crippen MR) is 68.7 cm³/mol. The van der Waals surface area contributed by atoms with Gasteiger partial charge >= 0.3 is 0 Å². The molecule has 0 heterocycles. The van der Waals surface area contributed by atoms with Crippen molar-refractivity contribution < 1.29 is 4.79 Å². The first-order valence-electron chi connectivity index (χ1n) is 4.79. The molecular weight excluding hydrogens is 218 g/mol. The Morgan fingerprint density at radius 2 is 1.31 bits per heavy atom. The highest BCUT2D eigenvalue weighted by Gasteiger charge is 1.93. The molecule has 2 N–H and O–H groups in total. The number of carbonyl (C=O) groups is 1. The molecule has 0 fully saturated rings. The Balaban J connectivity index is 0.000000165. The lowest BCUT2D eigenvalue weighted by Crippen LogP contribution is -2.09. The van der Waals surface area contributed by atoms with Crippen LogP contribution >= 0.6 is 12.6 Å². The Kier molecular flexibility index (Phi) is 5.16. The van der Waals surface area contributed by atoms with Crippen molar-refractivity contribution >= 4 is 18.5 Å². The summed E-state index contributed by atoms with van der Waals surface area (Å²) in [6.07, 6.45) is 0. The number of rotatable bonds is 1. The van der Waals surface area contributed by atoms with Gasteiger partial charge in [-0.1, -0.05) is 36.4 Å². The number of nitrogens with two attached hydrogens (primary N) is 1. The fourth-order valence-corrected chi connectivity index (χ4v) is 1.20. The second kappa shape index (κ2) is 6.69. The van der Waals surface area contributed by atoms with Crippen molar-refractivity contribution in [2.75, 3.05) is 0 Å². The summed E-state index contributed by atoms with van der Waals surface area (Å²) < 4.78 is 0. The third kappa shape index (κ3) is 4.66. The van der Waals surface area contributed by atoms with Crippen LogP contribution in [-0.2, 0) is 0 Å². The molecule has 0 aliphatic carbocycles. The largest absolute Gasteiger partial charge is 0.366 e. The molecule has 0 saturated carbocycles. The Labute approximate surface area is 101 Å². The average Bonchev–Trinajstić information content (AvgIpc) is 2.32. The van der Waals surface area contributed by atoms with E-state index in [0.29, 0.717) is 5.56 Å². The van der Waals surface area contributed by atoms with Crippen LogP contribution < -0.4 is 5.73 Å². The van der Waals surface area contributed by atoms with E-state index in [1.807, 2.05) is 36.4 Å². The third-order valence-electron chi connectivity index (χ3n) is 1.81. The van der Waals surface area contributed by atoms with Crippen molar-refractivity contribution in [3.63, 3.8) is 0 Å². The quantitative estimate of drug-likeness (QED) is 0.728. The minimum absolute atomic E-state index is 0.379. The smallest absolute Gasteiger partial charge is 0.248 e. The number of thiol groups is 1. The molecule has 1 amide bonds. The standard InChI is InChI=1S/C7H7NO.C6H6S/c8-7(9)6-4-2-1-3-5-6;7-6-4-2-1-3-5-6/h1-5H,(H2,8,9);1-5,7H. The number of carbonyl (C=O) groups excluding carboxylic acids is 1. The molecule has 16 heavy (non-hydrogen) atoms. The molecule has 3 heteroatoms. The molecular formula is C13H13NOS. The van der Waals surface area contributed by atoms with Gasteiger partial charge in [0.15, 0.2) is 0 Å². The molecule has 2 nitrogen and oxygen atoms in total. The molecule has 0 aliphatic heterocycles. The highest BCUT2D eigenvalue weighted by atomic mass is 32.1. The van der Waals surface area contributed by atoms with Gasteiger partial charge in [-0.2, -0.15) is 0 Å². The molecule has 0 radical (unpaired) electrons. The van der Waals surface area contributed by atoms with Crippen LogP contribution in [0.25, 0.3) is 0 Å². The van der Waals surface area contributed by atoms with E-state index in [1.165, 1.54) is 0 Å². The van der Waals surface area contributed by atoms with E-state index in [9.17, 15) is 4.79 Å². The highest BCUT2D eigenvalue weighted by Crippen LogP contribution is 2.00. The molecule has 2 aromatic carbocycles. The molecule has 2 aromatic rings. The Morgan fingerprint density at radius 1 is 0.875 bits per heavy atom. The van der Waals surface area contributed by atoms with Crippen LogP contribution in [0.3, 0.4) is 0 Å². The van der Waals surface area contributed by atoms with Gasteiger partial charge in [-0.05, 0) is 24.3 Å². The van der Waals surface area contributed by atoms with Crippen molar-refractivity contribution in [3.05, 3.63) is 66.2 Å². The molecule has 0 saturated heterocycles. The zero-order chi connectivity index (χ0) is 11.8. The van der Waals surface area contributed by atoms with Gasteiger partial charge < -0.3 is 5.73 Å². The highest BCUT2D eigenvalue weighted by molar-refractivity contribution is 7.80. The van der Waals surface area contributed by atoms with Crippen LogP contribution in [0, 0.1) is 0 Å². The second-order valence-corrected chi connectivity index (χ2v) is 3.58. The Hall–Kier alpha value is -1.74. The van der Waals surface area contributed by atoms with E-state index >= 15 is 0 Å². The lowest BCUT2D eigenvalue weighted by molar-refractivity contribution is 0.100. The summed E-state index contributed by atoms with van der Waals surface area (Å²) in [5.74, 6) is -0.379. The van der Waals surface area contributed by atoms with Crippen molar-refractivity contribution in [2.45, 2.75) is 4.90 Å². The summed E-state index contributed by atoms with van der Waals surface area (Å²) in [7, 11) is 0. The fourth-order valence-electron chi connectivity index (χ4n) is 1.03. The molecule has 0 spiro atoms. The average molecular weight is 231 g/mol. The number of amides is 1. The van der Waals surface area contributed by atoms with Crippen LogP contribution in [0.5, 0.6) is 0 Å². The molecule has 0 atom stereocenters. The van der Waals surface area contributed by atoms with E-state index in [-0.39, 0.29) is 5.91 Å². The number of hydrogen-bond acceptors (Lipinski definition) is 2. The van der Waals surface area contributed by atoms with Gasteiger partial charge in [0.05, 0.1) is 0 Å². The molecule has 0 aromatic heterocycles. The van der Waals surface area contributed by atoms with E-state index in [0.717, 1.165) is 4.90 Å². The molecule has 0 unspecified atom stereocenters. The summed E-state index contributed by atoms with van der Waals surface area (Å²) in [5.41, 5.74) is 5.53. The first-order valence-corrected chi connectivity index (χ1v) is 5.23. The van der Waals surface area contributed by atoms with Gasteiger partial charge in [-0.25, -0.2) is 0 Å². The molecule has 82 valence electrons. The number of primary amides is 1. The van der Waals surface area contributed by atoms with Crippen molar-refractivity contribution in [2.24, 2.45) is 5.73 Å². The first-order chi connectivity index (χ1) is 7.70. The third-order valence-corrected chi connectivity index (χ3v) is 2.11. The van der Waals surface area contributed by atoms with Gasteiger partial charge in [-0.15, -0.1) is 12.6 Å². The Morgan fingerprint density at radius 3 is 1.56 bits per heavy atom. The van der Waals surface area contributed by atoms with Gasteiger partial charge in [0.2, 0.25) is 5.91 Å². The van der Waals surface area contributed by atoms with Gasteiger partial charge in [0.1, 0.15) is 0 Å². The minimum atomic E-state index is -0.379. The van der Waals surface area contributed by atoms with Gasteiger partial charge in [-0.3, -0.25) is 4.79 Å². The fraction of sp³-hybridized carbons (Fsp3) is 0. The summed E-state index contributed by atoms with van der Waals surface area (Å²) in [5, 5.41) is 0. The minimum Gasteiger partial charge on any atom is -0.366 e. The molecule has 0 aliphatic rings. The second-order valence-electron chi connectivity index (χ2n) is 3.07. The van der Waals surface area contributed by atoms with Crippen molar-refractivity contribution in [1.82, 2.24) is 0 Å². The Bertz CT molecular complexity index is 428. The van der Waals surface area contributed by atoms with E-state index in [4.69, 9.17) is 5.73 Å². The maximum absolute atomic E-state index is 10.4. The molecule has 2 rings (SSSR count). The molecule has 0 bridgehead atoms. The van der Waals surface area contributed by atoms with Crippen molar-refractivity contribution in [1.29, 1.82) is 0 Å². The maximum atomic E-state index is 10.4. The SMILES string of the molecule is NC(=O)c1ccccc1.Sc1ccccc1. The topological polar surface area (TPSA) is 43.1 Å². The van der Waals surface area contributed by atoms with Crippen molar-refractivity contribution in [3.8, 4) is 0 Å². The monoisotopic (exact) mass is 231 g/mol. The van der Waals surface area contributed by atoms with E-state index in [1.54, 1.807) is 24.3 Å². The van der Waals surface area contributed by atoms with E-state index < -0.39 is 0 Å². The summed E-state index contributed by atoms with van der Waals surface area (Å²) in [6, 6.07) is 18.5. The summed E-state index contributed by atoms with van der Waals surface area (Å²) in [6.45, 7) is 0. The lowest BCUT2D eigenvalue weighted by atomic mass is 10.2. The van der Waals surface area contributed by atoms with Crippen LogP contribution in [0.1, 0.15) is 10.4 Å². The predicted octanol–water partition coefficient (Wildman–Crippen LogP) is 2.76. The summed E-state index contributed by atoms with van der Waals surface area (Å²) in [4.78, 5) is 11.4. The first kappa shape index (κ1) is 12.3. The zero-order valence-corrected chi connectivity index (χ0v) is 9.60. The van der Waals surface area contributed by atoms with Crippen LogP contribution in [-0.4, -0.2) is 5.91 Å². The number of benzene rings is 2. The zero-order valence-electron chi connectivity index (χ0n) is 8.71. The number of hydrogen-bond donors (Lipinski definition) is 2. The lowest BCUT2D eigenvalue weighted by Gasteiger charge is -1.89. The van der Waals surface area contributed by atoms with Crippen LogP contribution in [0.15, 0.2) is 65.6 Å². The maximum Gasteiger partial charge on any atom is 0.248 e. The summed E-state index contributed by atoms with van der Waals surface area (Å²) >= 11 is 4.08.